The van der Waals surface area contributed by atoms with E-state index < -0.39 is 11.7 Å². The van der Waals surface area contributed by atoms with Crippen LogP contribution in [0.2, 0.25) is 0 Å². The molecule has 0 aromatic heterocycles. The minimum Gasteiger partial charge on any atom is -0.348 e. The van der Waals surface area contributed by atoms with Crippen LogP contribution >= 0.6 is 0 Å². The number of halogens is 4. The van der Waals surface area contributed by atoms with Crippen LogP contribution in [0.15, 0.2) is 60.2 Å². The van der Waals surface area contributed by atoms with Crippen LogP contribution in [0.3, 0.4) is 0 Å². The number of alkyl halides is 3. The number of benzene rings is 2. The van der Waals surface area contributed by atoms with Crippen molar-refractivity contribution in [1.82, 2.24) is 10.2 Å². The van der Waals surface area contributed by atoms with E-state index in [4.69, 9.17) is 0 Å². The predicted molar refractivity (Wildman–Crippen MR) is 97.7 cm³/mol. The third-order valence-corrected chi connectivity index (χ3v) is 4.61. The zero-order valence-electron chi connectivity index (χ0n) is 15.1. The van der Waals surface area contributed by atoms with Gasteiger partial charge in [-0.05, 0) is 41.8 Å². The van der Waals surface area contributed by atoms with Crippen molar-refractivity contribution in [3.8, 4) is 0 Å². The van der Waals surface area contributed by atoms with E-state index in [-0.39, 0.29) is 18.3 Å². The van der Waals surface area contributed by atoms with Crippen LogP contribution in [0, 0.1) is 5.82 Å². The summed E-state index contributed by atoms with van der Waals surface area (Å²) in [6.45, 7) is 2.03. The molecule has 0 unspecified atom stereocenters. The second kappa shape index (κ2) is 8.56. The largest absolute Gasteiger partial charge is 0.416 e. The quantitative estimate of drug-likeness (QED) is 0.770. The predicted octanol–water partition coefficient (Wildman–Crippen LogP) is 4.29. The Labute approximate surface area is 160 Å². The highest BCUT2D eigenvalue weighted by Crippen LogP contribution is 2.29. The van der Waals surface area contributed by atoms with Crippen LogP contribution in [-0.2, 0) is 24.1 Å². The number of carbonyl (C=O) groups excluding carboxylic acids is 1. The average molecular weight is 392 g/mol. The first kappa shape index (κ1) is 20.1. The van der Waals surface area contributed by atoms with Gasteiger partial charge in [-0.15, -0.1) is 0 Å². The minimum atomic E-state index is -4.37. The summed E-state index contributed by atoms with van der Waals surface area (Å²) in [5.74, 6) is -0.487. The Morgan fingerprint density at radius 3 is 2.43 bits per heavy atom. The summed E-state index contributed by atoms with van der Waals surface area (Å²) in [4.78, 5) is 14.4. The number of rotatable bonds is 5. The van der Waals surface area contributed by atoms with Crippen LogP contribution < -0.4 is 5.32 Å². The summed E-state index contributed by atoms with van der Waals surface area (Å²) >= 11 is 0. The molecule has 1 N–H and O–H groups in total. The monoisotopic (exact) mass is 392 g/mol. The van der Waals surface area contributed by atoms with E-state index in [2.05, 4.69) is 10.2 Å². The number of nitrogens with one attached hydrogen (secondary N) is 1. The highest BCUT2D eigenvalue weighted by atomic mass is 19.4. The summed E-state index contributed by atoms with van der Waals surface area (Å²) in [5, 5.41) is 2.74. The van der Waals surface area contributed by atoms with Gasteiger partial charge in [0.05, 0.1) is 5.56 Å². The van der Waals surface area contributed by atoms with Gasteiger partial charge < -0.3 is 5.32 Å². The Morgan fingerprint density at radius 1 is 1.07 bits per heavy atom. The maximum atomic E-state index is 13.3. The maximum Gasteiger partial charge on any atom is 0.416 e. The van der Waals surface area contributed by atoms with Crippen molar-refractivity contribution in [2.24, 2.45) is 0 Å². The number of amides is 1. The molecule has 1 aliphatic rings. The van der Waals surface area contributed by atoms with E-state index in [1.165, 1.54) is 24.3 Å². The van der Waals surface area contributed by atoms with E-state index in [9.17, 15) is 22.4 Å². The summed E-state index contributed by atoms with van der Waals surface area (Å²) in [5.41, 5.74) is 1.42. The van der Waals surface area contributed by atoms with Gasteiger partial charge in [-0.25, -0.2) is 4.39 Å². The molecule has 1 amide bonds. The molecule has 0 saturated heterocycles. The molecule has 2 aromatic carbocycles. The lowest BCUT2D eigenvalue weighted by molar-refractivity contribution is -0.137. The Hall–Kier alpha value is -2.67. The van der Waals surface area contributed by atoms with Crippen molar-refractivity contribution < 1.29 is 22.4 Å². The van der Waals surface area contributed by atoms with Gasteiger partial charge in [0.25, 0.3) is 0 Å². The molecular weight excluding hydrogens is 372 g/mol. The average Bonchev–Trinajstić information content (AvgIpc) is 2.66. The molecule has 7 heteroatoms. The van der Waals surface area contributed by atoms with E-state index >= 15 is 0 Å². The van der Waals surface area contributed by atoms with Crippen molar-refractivity contribution in [2.45, 2.75) is 25.7 Å². The molecule has 1 aliphatic heterocycles. The molecular formula is C21H20F4N2O. The highest BCUT2D eigenvalue weighted by molar-refractivity contribution is 5.93. The van der Waals surface area contributed by atoms with Crippen LogP contribution in [0.5, 0.6) is 0 Å². The van der Waals surface area contributed by atoms with E-state index in [1.54, 1.807) is 6.07 Å². The lowest BCUT2D eigenvalue weighted by Crippen LogP contribution is -2.33. The third kappa shape index (κ3) is 5.42. The Bertz CT molecular complexity index is 859. The van der Waals surface area contributed by atoms with Crippen LogP contribution in [0.4, 0.5) is 17.6 Å². The van der Waals surface area contributed by atoms with Crippen molar-refractivity contribution in [3.63, 3.8) is 0 Å². The molecule has 0 spiro atoms. The van der Waals surface area contributed by atoms with Crippen LogP contribution in [0.1, 0.15) is 23.1 Å². The second-order valence-corrected chi connectivity index (χ2v) is 6.72. The Balaban J connectivity index is 1.49. The molecule has 2 aromatic rings. The van der Waals surface area contributed by atoms with Crippen molar-refractivity contribution in [3.05, 3.63) is 82.7 Å². The molecule has 28 heavy (non-hydrogen) atoms. The molecule has 0 aliphatic carbocycles. The van der Waals surface area contributed by atoms with Crippen LogP contribution in [0.25, 0.3) is 0 Å². The van der Waals surface area contributed by atoms with Gasteiger partial charge in [0, 0.05) is 31.8 Å². The number of nitrogens with zero attached hydrogens (tertiary/aromatic N) is 1. The van der Waals surface area contributed by atoms with Gasteiger partial charge >= 0.3 is 6.18 Å². The zero-order chi connectivity index (χ0) is 20.1. The molecule has 0 atom stereocenters. The third-order valence-electron chi connectivity index (χ3n) is 4.61. The lowest BCUT2D eigenvalue weighted by Gasteiger charge is -2.26. The highest BCUT2D eigenvalue weighted by Gasteiger charge is 2.29. The van der Waals surface area contributed by atoms with E-state index in [0.717, 1.165) is 17.7 Å². The summed E-state index contributed by atoms with van der Waals surface area (Å²) < 4.78 is 51.0. The van der Waals surface area contributed by atoms with Crippen LogP contribution in [-0.4, -0.2) is 23.9 Å². The fourth-order valence-electron chi connectivity index (χ4n) is 3.06. The second-order valence-electron chi connectivity index (χ2n) is 6.72. The van der Waals surface area contributed by atoms with Gasteiger partial charge in [0.1, 0.15) is 5.82 Å². The SMILES string of the molecule is O=C(NCc1ccc(C(F)(F)F)cc1)C1=CCN(Cc2cccc(F)c2)CC1. The van der Waals surface area contributed by atoms with Gasteiger partial charge in [0.2, 0.25) is 5.91 Å². The molecule has 3 nitrogen and oxygen atoms in total. The van der Waals surface area contributed by atoms with Gasteiger partial charge in [-0.2, -0.15) is 13.2 Å². The van der Waals surface area contributed by atoms with Gasteiger partial charge in [0.15, 0.2) is 0 Å². The molecule has 0 bridgehead atoms. The first-order chi connectivity index (χ1) is 13.3. The molecule has 148 valence electrons. The minimum absolute atomic E-state index is 0.168. The molecule has 1 heterocycles. The summed E-state index contributed by atoms with van der Waals surface area (Å²) in [7, 11) is 0. The summed E-state index contributed by atoms with van der Waals surface area (Å²) in [6, 6.07) is 11.2. The number of hydrogen-bond donors (Lipinski definition) is 1. The number of carbonyl (C=O) groups is 1. The first-order valence-corrected chi connectivity index (χ1v) is 8.91. The van der Waals surface area contributed by atoms with Gasteiger partial charge in [-0.1, -0.05) is 30.3 Å². The molecule has 3 rings (SSSR count). The van der Waals surface area contributed by atoms with Crippen molar-refractivity contribution in [2.75, 3.05) is 13.1 Å². The maximum absolute atomic E-state index is 13.3. The fraction of sp³-hybridized carbons (Fsp3) is 0.286. The van der Waals surface area contributed by atoms with E-state index in [1.807, 2.05) is 12.1 Å². The smallest absolute Gasteiger partial charge is 0.348 e. The topological polar surface area (TPSA) is 32.3 Å². The van der Waals surface area contributed by atoms with Crippen molar-refractivity contribution in [1.29, 1.82) is 0 Å². The molecule has 0 saturated carbocycles. The normalized spacial score (nSPS) is 15.2. The van der Waals surface area contributed by atoms with E-state index in [0.29, 0.717) is 37.2 Å². The van der Waals surface area contributed by atoms with Gasteiger partial charge in [-0.3, -0.25) is 9.69 Å². The molecule has 0 fully saturated rings. The summed E-state index contributed by atoms with van der Waals surface area (Å²) in [6.07, 6.45) is -1.97. The zero-order valence-corrected chi connectivity index (χ0v) is 15.1. The lowest BCUT2D eigenvalue weighted by atomic mass is 10.1. The standard InChI is InChI=1S/C21H20F4N2O/c22-19-3-1-2-16(12-19)14-27-10-8-17(9-11-27)20(28)26-13-15-4-6-18(7-5-15)21(23,24)25/h1-8,12H,9-11,13-14H2,(H,26,28). The van der Waals surface area contributed by atoms with Crippen molar-refractivity contribution >= 4 is 5.91 Å². The Kier molecular flexibility index (Phi) is 6.14. The fourth-order valence-corrected chi connectivity index (χ4v) is 3.06. The molecule has 0 radical (unpaired) electrons. The first-order valence-electron chi connectivity index (χ1n) is 8.91. The number of hydrogen-bond acceptors (Lipinski definition) is 2. The Morgan fingerprint density at radius 2 is 1.82 bits per heavy atom.